The third kappa shape index (κ3) is 0.579. The van der Waals surface area contributed by atoms with E-state index in [1.807, 2.05) is 6.07 Å². The van der Waals surface area contributed by atoms with Crippen molar-refractivity contribution in [1.82, 2.24) is 15.2 Å². The van der Waals surface area contributed by atoms with Gasteiger partial charge in [-0.3, -0.25) is 0 Å². The molecular formula is C6H4N3. The van der Waals surface area contributed by atoms with Gasteiger partial charge < -0.3 is 4.98 Å². The Kier molecular flexibility index (Phi) is 0.773. The van der Waals surface area contributed by atoms with Gasteiger partial charge in [0.05, 0.1) is 11.7 Å². The summed E-state index contributed by atoms with van der Waals surface area (Å²) < 4.78 is 0. The second-order valence-corrected chi connectivity index (χ2v) is 1.73. The lowest BCUT2D eigenvalue weighted by molar-refractivity contribution is 1.08. The molecule has 0 saturated carbocycles. The number of aromatic amines is 1. The average Bonchev–Trinajstić information content (AvgIpc) is 2.33. The molecule has 0 bridgehead atoms. The van der Waals surface area contributed by atoms with Crippen LogP contribution >= 0.6 is 0 Å². The molecule has 43 valence electrons. The number of rotatable bonds is 0. The van der Waals surface area contributed by atoms with Gasteiger partial charge >= 0.3 is 0 Å². The van der Waals surface area contributed by atoms with E-state index in [1.165, 1.54) is 0 Å². The summed E-state index contributed by atoms with van der Waals surface area (Å²) in [5.74, 6) is 0. The van der Waals surface area contributed by atoms with E-state index in [-0.39, 0.29) is 0 Å². The number of nitrogens with zero attached hydrogens (tertiary/aromatic N) is 2. The standard InChI is InChI=1S/C6H4N3/c1-3-7-5-2-4-8-9-6(1)5/h2-4,7H. The van der Waals surface area contributed by atoms with E-state index >= 15 is 0 Å². The van der Waals surface area contributed by atoms with Crippen molar-refractivity contribution >= 4 is 11.0 Å². The van der Waals surface area contributed by atoms with Gasteiger partial charge in [0, 0.05) is 12.3 Å². The fraction of sp³-hybridized carbons (Fsp3) is 0. The summed E-state index contributed by atoms with van der Waals surface area (Å²) in [4.78, 5) is 2.96. The Labute approximate surface area is 51.7 Å². The lowest BCUT2D eigenvalue weighted by atomic mass is 10.4. The van der Waals surface area contributed by atoms with Gasteiger partial charge in [-0.15, -0.1) is 5.10 Å². The Morgan fingerprint density at radius 2 is 2.56 bits per heavy atom. The molecule has 1 N–H and O–H groups in total. The SMILES string of the molecule is [c]1c[nH]c2ccnnc12. The highest BCUT2D eigenvalue weighted by molar-refractivity contribution is 5.72. The van der Waals surface area contributed by atoms with Crippen LogP contribution in [0, 0.1) is 6.07 Å². The molecule has 9 heavy (non-hydrogen) atoms. The van der Waals surface area contributed by atoms with Crippen LogP contribution in [0.1, 0.15) is 0 Å². The van der Waals surface area contributed by atoms with Gasteiger partial charge in [-0.25, -0.2) is 0 Å². The molecule has 0 aromatic carbocycles. The zero-order chi connectivity index (χ0) is 6.10. The van der Waals surface area contributed by atoms with Crippen molar-refractivity contribution in [3.05, 3.63) is 24.5 Å². The van der Waals surface area contributed by atoms with Crippen molar-refractivity contribution in [2.75, 3.05) is 0 Å². The third-order valence-corrected chi connectivity index (χ3v) is 1.16. The van der Waals surface area contributed by atoms with Crippen molar-refractivity contribution in [1.29, 1.82) is 0 Å². The van der Waals surface area contributed by atoms with Crippen LogP contribution in [0.5, 0.6) is 0 Å². The van der Waals surface area contributed by atoms with Crippen LogP contribution in [-0.4, -0.2) is 15.2 Å². The number of aromatic nitrogens is 3. The van der Waals surface area contributed by atoms with Gasteiger partial charge in [0.15, 0.2) is 0 Å². The molecule has 0 aliphatic heterocycles. The summed E-state index contributed by atoms with van der Waals surface area (Å²) in [5.41, 5.74) is 1.77. The minimum Gasteiger partial charge on any atom is -0.359 e. The second-order valence-electron chi connectivity index (χ2n) is 1.73. The molecule has 0 unspecified atom stereocenters. The molecule has 3 nitrogen and oxygen atoms in total. The van der Waals surface area contributed by atoms with Gasteiger partial charge in [-0.2, -0.15) is 5.10 Å². The Bertz CT molecular complexity index is 282. The van der Waals surface area contributed by atoms with E-state index in [2.05, 4.69) is 21.2 Å². The first-order valence-corrected chi connectivity index (χ1v) is 2.63. The monoisotopic (exact) mass is 118 g/mol. The summed E-state index contributed by atoms with van der Waals surface area (Å²) >= 11 is 0. The molecule has 0 aliphatic rings. The first kappa shape index (κ1) is 4.49. The number of hydrogen-bond acceptors (Lipinski definition) is 2. The lowest BCUT2D eigenvalue weighted by Crippen LogP contribution is -1.76. The molecule has 2 aromatic rings. The predicted octanol–water partition coefficient (Wildman–Crippen LogP) is 0.758. The Morgan fingerprint density at radius 3 is 3.44 bits per heavy atom. The normalized spacial score (nSPS) is 10.2. The van der Waals surface area contributed by atoms with Crippen LogP contribution in [0.2, 0.25) is 0 Å². The van der Waals surface area contributed by atoms with E-state index in [0.717, 1.165) is 11.0 Å². The fourth-order valence-electron chi connectivity index (χ4n) is 0.737. The Balaban J connectivity index is 2.95. The molecule has 0 spiro atoms. The molecule has 0 fully saturated rings. The van der Waals surface area contributed by atoms with E-state index in [9.17, 15) is 0 Å². The number of hydrogen-bond donors (Lipinski definition) is 1. The van der Waals surface area contributed by atoms with Gasteiger partial charge in [0.2, 0.25) is 0 Å². The molecule has 2 heterocycles. The third-order valence-electron chi connectivity index (χ3n) is 1.16. The van der Waals surface area contributed by atoms with Crippen molar-refractivity contribution in [3.63, 3.8) is 0 Å². The zero-order valence-electron chi connectivity index (χ0n) is 4.63. The summed E-state index contributed by atoms with van der Waals surface area (Å²) in [6.45, 7) is 0. The van der Waals surface area contributed by atoms with Crippen molar-refractivity contribution in [2.45, 2.75) is 0 Å². The number of H-pyrrole nitrogens is 1. The quantitative estimate of drug-likeness (QED) is 0.554. The first-order valence-electron chi connectivity index (χ1n) is 2.63. The maximum Gasteiger partial charge on any atom is 0.119 e. The predicted molar refractivity (Wildman–Crippen MR) is 32.7 cm³/mol. The van der Waals surface area contributed by atoms with Crippen LogP contribution in [0.15, 0.2) is 18.5 Å². The maximum absolute atomic E-state index is 3.80. The average molecular weight is 118 g/mol. The summed E-state index contributed by atoms with van der Waals surface area (Å²) in [6.07, 6.45) is 3.37. The minimum atomic E-state index is 0.789. The highest BCUT2D eigenvalue weighted by Gasteiger charge is 1.90. The smallest absolute Gasteiger partial charge is 0.119 e. The van der Waals surface area contributed by atoms with Crippen LogP contribution in [0.25, 0.3) is 11.0 Å². The summed E-state index contributed by atoms with van der Waals surface area (Å²) in [6, 6.07) is 4.75. The van der Waals surface area contributed by atoms with E-state index in [1.54, 1.807) is 12.4 Å². The highest BCUT2D eigenvalue weighted by Crippen LogP contribution is 2.03. The van der Waals surface area contributed by atoms with E-state index in [4.69, 9.17) is 0 Å². The number of nitrogens with one attached hydrogen (secondary N) is 1. The minimum absolute atomic E-state index is 0.789. The van der Waals surface area contributed by atoms with E-state index in [0.29, 0.717) is 0 Å². The topological polar surface area (TPSA) is 41.6 Å². The largest absolute Gasteiger partial charge is 0.359 e. The molecule has 2 rings (SSSR count). The molecule has 1 radical (unpaired) electrons. The maximum atomic E-state index is 3.80. The Hall–Kier alpha value is -1.38. The number of fused-ring (bicyclic) bond motifs is 1. The molecule has 0 saturated heterocycles. The lowest BCUT2D eigenvalue weighted by Gasteiger charge is -1.81. The van der Waals surface area contributed by atoms with Crippen LogP contribution in [0.3, 0.4) is 0 Å². The Morgan fingerprint density at radius 1 is 1.56 bits per heavy atom. The van der Waals surface area contributed by atoms with Gasteiger partial charge in [0.1, 0.15) is 5.52 Å². The fourth-order valence-corrected chi connectivity index (χ4v) is 0.737. The van der Waals surface area contributed by atoms with Crippen LogP contribution in [-0.2, 0) is 0 Å². The first-order chi connectivity index (χ1) is 4.47. The van der Waals surface area contributed by atoms with Crippen molar-refractivity contribution in [2.24, 2.45) is 0 Å². The molecule has 2 aromatic heterocycles. The summed E-state index contributed by atoms with van der Waals surface area (Å²) in [5, 5.41) is 7.49. The zero-order valence-corrected chi connectivity index (χ0v) is 4.63. The van der Waals surface area contributed by atoms with Gasteiger partial charge in [-0.05, 0) is 6.07 Å². The molecule has 0 atom stereocenters. The molecule has 0 aliphatic carbocycles. The van der Waals surface area contributed by atoms with E-state index < -0.39 is 0 Å². The second kappa shape index (κ2) is 1.55. The molecular weight excluding hydrogens is 114 g/mol. The van der Waals surface area contributed by atoms with Gasteiger partial charge in [-0.1, -0.05) is 0 Å². The van der Waals surface area contributed by atoms with Crippen molar-refractivity contribution < 1.29 is 0 Å². The van der Waals surface area contributed by atoms with Crippen LogP contribution < -0.4 is 0 Å². The van der Waals surface area contributed by atoms with Gasteiger partial charge in [0.25, 0.3) is 0 Å². The highest BCUT2D eigenvalue weighted by atomic mass is 15.1. The molecule has 0 amide bonds. The molecule has 3 heteroatoms. The van der Waals surface area contributed by atoms with Crippen LogP contribution in [0.4, 0.5) is 0 Å². The summed E-state index contributed by atoms with van der Waals surface area (Å²) in [7, 11) is 0. The van der Waals surface area contributed by atoms with Crippen molar-refractivity contribution in [3.8, 4) is 0 Å².